The molecule has 2 heterocycles. The monoisotopic (exact) mass is 749 g/mol. The Hall–Kier alpha value is -3.76. The number of urea groups is 1. The normalized spacial score (nSPS) is 31.7. The van der Waals surface area contributed by atoms with E-state index in [2.05, 4.69) is 52.8 Å². The van der Waals surface area contributed by atoms with E-state index in [9.17, 15) is 14.7 Å². The second-order valence-electron chi connectivity index (χ2n) is 18.3. The zero-order valence-electron chi connectivity index (χ0n) is 33.0. The van der Waals surface area contributed by atoms with Crippen LogP contribution < -0.4 is 10.6 Å². The summed E-state index contributed by atoms with van der Waals surface area (Å²) in [4.78, 5) is 28.7. The van der Waals surface area contributed by atoms with Gasteiger partial charge >= 0.3 is 12.0 Å². The van der Waals surface area contributed by atoms with Crippen LogP contribution in [-0.2, 0) is 32.2 Å². The number of carbonyl (C=O) groups is 2. The lowest BCUT2D eigenvalue weighted by molar-refractivity contribution is -0.276. The van der Waals surface area contributed by atoms with Crippen molar-refractivity contribution in [3.05, 3.63) is 95.1 Å². The van der Waals surface area contributed by atoms with Crippen molar-refractivity contribution >= 4 is 12.0 Å². The molecule has 5 atom stereocenters. The molecule has 9 rings (SSSR count). The number of rotatable bonds is 10. The van der Waals surface area contributed by atoms with E-state index < -0.39 is 11.9 Å². The number of nitrogens with one attached hydrogen (secondary N) is 2. The number of hydrogen-bond acceptors (Lipinski definition) is 7. The molecule has 3 aromatic carbocycles. The fourth-order valence-electron chi connectivity index (χ4n) is 10.7. The van der Waals surface area contributed by atoms with Gasteiger partial charge in [0, 0.05) is 30.1 Å². The molecule has 9 nitrogen and oxygen atoms in total. The summed E-state index contributed by atoms with van der Waals surface area (Å²) in [6.45, 7) is 9.72. The first kappa shape index (κ1) is 38.1. The highest BCUT2D eigenvalue weighted by Crippen LogP contribution is 2.55. The summed E-state index contributed by atoms with van der Waals surface area (Å²) >= 11 is 0. The Labute approximate surface area is 326 Å². The molecule has 0 unspecified atom stereocenters. The van der Waals surface area contributed by atoms with Crippen LogP contribution in [0.3, 0.4) is 0 Å². The fourth-order valence-corrected chi connectivity index (χ4v) is 10.7. The van der Waals surface area contributed by atoms with Gasteiger partial charge in [0.25, 0.3) is 0 Å². The van der Waals surface area contributed by atoms with Gasteiger partial charge in [-0.2, -0.15) is 0 Å². The molecule has 2 amide bonds. The maximum absolute atomic E-state index is 13.3. The first-order valence-corrected chi connectivity index (χ1v) is 20.7. The SMILES string of the molecule is C[C@H]1[C@@H](CN2CCC[C@H]2C(=O)OC(C)(C)C)O[C@@H](c2cccc(-c3cccc(CNC(=O)NC45CC6CC(CC(C6)C4)C5)c3)c2)O[C@H]1c1ccc(CO)cc1. The summed E-state index contributed by atoms with van der Waals surface area (Å²) in [7, 11) is 0. The number of hydrogen-bond donors (Lipinski definition) is 3. The average molecular weight is 750 g/mol. The molecule has 2 saturated heterocycles. The predicted molar refractivity (Wildman–Crippen MR) is 212 cm³/mol. The van der Waals surface area contributed by atoms with Gasteiger partial charge in [-0.1, -0.05) is 67.6 Å². The second kappa shape index (κ2) is 15.6. The summed E-state index contributed by atoms with van der Waals surface area (Å²) < 4.78 is 19.5. The quantitative estimate of drug-likeness (QED) is 0.179. The number of aliphatic hydroxyl groups is 1. The largest absolute Gasteiger partial charge is 0.459 e. The maximum atomic E-state index is 13.3. The van der Waals surface area contributed by atoms with Gasteiger partial charge in [-0.25, -0.2) is 4.79 Å². The molecule has 0 radical (unpaired) electrons. The van der Waals surface area contributed by atoms with E-state index in [0.29, 0.717) is 13.1 Å². The highest BCUT2D eigenvalue weighted by molar-refractivity contribution is 5.76. The minimum atomic E-state index is -0.635. The minimum Gasteiger partial charge on any atom is -0.459 e. The Morgan fingerprint density at radius 1 is 0.873 bits per heavy atom. The van der Waals surface area contributed by atoms with E-state index in [1.54, 1.807) is 0 Å². The molecule has 4 bridgehead atoms. The molecule has 294 valence electrons. The lowest BCUT2D eigenvalue weighted by Crippen LogP contribution is -2.61. The summed E-state index contributed by atoms with van der Waals surface area (Å²) in [5.74, 6) is 2.16. The lowest BCUT2D eigenvalue weighted by Gasteiger charge is -2.56. The summed E-state index contributed by atoms with van der Waals surface area (Å²) in [6.07, 6.45) is 8.04. The summed E-state index contributed by atoms with van der Waals surface area (Å²) in [5, 5.41) is 16.3. The van der Waals surface area contributed by atoms with Gasteiger partial charge < -0.3 is 30.0 Å². The van der Waals surface area contributed by atoms with Crippen LogP contribution in [0.5, 0.6) is 0 Å². The van der Waals surface area contributed by atoms with E-state index in [1.165, 1.54) is 19.3 Å². The van der Waals surface area contributed by atoms with Gasteiger partial charge in [-0.05, 0) is 136 Å². The van der Waals surface area contributed by atoms with E-state index in [0.717, 1.165) is 89.8 Å². The number of nitrogens with zero attached hydrogens (tertiary/aromatic N) is 1. The maximum Gasteiger partial charge on any atom is 0.323 e. The molecule has 4 aliphatic carbocycles. The van der Waals surface area contributed by atoms with Crippen molar-refractivity contribution in [3.63, 3.8) is 0 Å². The van der Waals surface area contributed by atoms with Crippen LogP contribution in [0.15, 0.2) is 72.8 Å². The minimum absolute atomic E-state index is 0.0105. The van der Waals surface area contributed by atoms with E-state index in [-0.39, 0.29) is 48.3 Å². The molecular formula is C46H59N3O6. The number of aliphatic hydroxyl groups excluding tert-OH is 1. The Morgan fingerprint density at radius 3 is 2.22 bits per heavy atom. The van der Waals surface area contributed by atoms with Gasteiger partial charge in [0.05, 0.1) is 18.8 Å². The fraction of sp³-hybridized carbons (Fsp3) is 0.565. The van der Waals surface area contributed by atoms with Crippen molar-refractivity contribution < 1.29 is 28.9 Å². The number of carbonyl (C=O) groups excluding carboxylic acids is 2. The second-order valence-corrected chi connectivity index (χ2v) is 18.3. The van der Waals surface area contributed by atoms with Gasteiger partial charge in [-0.3, -0.25) is 9.69 Å². The third-order valence-corrected chi connectivity index (χ3v) is 12.9. The number of ether oxygens (including phenoxy) is 3. The van der Waals surface area contributed by atoms with Crippen molar-refractivity contribution in [3.8, 4) is 11.1 Å². The lowest BCUT2D eigenvalue weighted by atomic mass is 9.53. The molecule has 55 heavy (non-hydrogen) atoms. The molecule has 3 N–H and O–H groups in total. The van der Waals surface area contributed by atoms with Crippen molar-refractivity contribution in [2.75, 3.05) is 13.1 Å². The van der Waals surface area contributed by atoms with Crippen LogP contribution in [0.1, 0.15) is 114 Å². The van der Waals surface area contributed by atoms with Crippen LogP contribution in [0, 0.1) is 23.7 Å². The summed E-state index contributed by atoms with van der Waals surface area (Å²) in [5.41, 5.74) is 5.35. The third kappa shape index (κ3) is 8.65. The summed E-state index contributed by atoms with van der Waals surface area (Å²) in [6, 6.07) is 24.3. The number of benzene rings is 3. The van der Waals surface area contributed by atoms with Crippen molar-refractivity contribution in [1.29, 1.82) is 0 Å². The van der Waals surface area contributed by atoms with E-state index in [4.69, 9.17) is 14.2 Å². The van der Waals surface area contributed by atoms with Crippen LogP contribution in [-0.4, -0.2) is 58.4 Å². The Kier molecular flexibility index (Phi) is 10.8. The number of amides is 2. The van der Waals surface area contributed by atoms with Crippen LogP contribution in [0.4, 0.5) is 4.79 Å². The molecule has 0 aromatic heterocycles. The number of esters is 1. The van der Waals surface area contributed by atoms with Gasteiger partial charge in [-0.15, -0.1) is 0 Å². The third-order valence-electron chi connectivity index (χ3n) is 12.9. The topological polar surface area (TPSA) is 109 Å². The average Bonchev–Trinajstić information content (AvgIpc) is 3.62. The molecule has 3 aromatic rings. The first-order chi connectivity index (χ1) is 26.4. The smallest absolute Gasteiger partial charge is 0.323 e. The molecule has 6 aliphatic rings. The van der Waals surface area contributed by atoms with Crippen LogP contribution >= 0.6 is 0 Å². The number of likely N-dealkylation sites (tertiary alicyclic amines) is 1. The Bertz CT molecular complexity index is 1800. The zero-order valence-corrected chi connectivity index (χ0v) is 33.0. The molecule has 0 spiro atoms. The van der Waals surface area contributed by atoms with Crippen molar-refractivity contribution in [2.24, 2.45) is 23.7 Å². The van der Waals surface area contributed by atoms with Crippen LogP contribution in [0.25, 0.3) is 11.1 Å². The Morgan fingerprint density at radius 2 is 1.55 bits per heavy atom. The van der Waals surface area contributed by atoms with Crippen molar-refractivity contribution in [2.45, 2.75) is 128 Å². The van der Waals surface area contributed by atoms with Gasteiger partial charge in [0.2, 0.25) is 0 Å². The van der Waals surface area contributed by atoms with Crippen LogP contribution in [0.2, 0.25) is 0 Å². The van der Waals surface area contributed by atoms with E-state index in [1.807, 2.05) is 63.2 Å². The molecule has 9 heteroatoms. The predicted octanol–water partition coefficient (Wildman–Crippen LogP) is 8.21. The first-order valence-electron chi connectivity index (χ1n) is 20.7. The molecule has 6 fully saturated rings. The highest BCUT2D eigenvalue weighted by atomic mass is 16.7. The molecule has 4 saturated carbocycles. The van der Waals surface area contributed by atoms with Gasteiger partial charge in [0.1, 0.15) is 11.6 Å². The Balaban J connectivity index is 0.976. The van der Waals surface area contributed by atoms with Crippen molar-refractivity contribution in [1.82, 2.24) is 15.5 Å². The standard InChI is InChI=1S/C46H59N3O6/c1-29-40(27-49-17-7-12-39(49)42(51)55-45(2,3)4)53-43(54-41(29)35-15-13-30(28-50)14-16-35)38-11-6-10-37(22-38)36-9-5-8-31(21-36)26-47-44(52)48-46-23-32-18-33(24-46)20-34(19-32)25-46/h5-6,8-11,13-16,21-22,29,32-34,39-41,43,50H,7,12,17-20,23-28H2,1-4H3,(H2,47,48,52)/t29-,32?,33?,34?,39-,40+,41+,43+,46?/m0/s1. The highest BCUT2D eigenvalue weighted by Gasteiger charge is 2.51. The molecule has 2 aliphatic heterocycles. The van der Waals surface area contributed by atoms with Gasteiger partial charge in [0.15, 0.2) is 6.29 Å². The van der Waals surface area contributed by atoms with E-state index >= 15 is 0 Å². The zero-order chi connectivity index (χ0) is 38.3. The molecular weight excluding hydrogens is 691 g/mol.